The van der Waals surface area contributed by atoms with Crippen LogP contribution in [0.4, 0.5) is 0 Å². The van der Waals surface area contributed by atoms with E-state index < -0.39 is 11.5 Å². The first-order valence-electron chi connectivity index (χ1n) is 5.26. The zero-order valence-corrected chi connectivity index (χ0v) is 9.34. The predicted molar refractivity (Wildman–Crippen MR) is 56.0 cm³/mol. The molecule has 1 aliphatic rings. The molecule has 2 unspecified atom stereocenters. The second kappa shape index (κ2) is 3.54. The van der Waals surface area contributed by atoms with E-state index in [-0.39, 0.29) is 6.42 Å². The number of carboxylic acids is 1. The summed E-state index contributed by atoms with van der Waals surface area (Å²) < 4.78 is 0. The quantitative estimate of drug-likeness (QED) is 0.715. The maximum absolute atomic E-state index is 10.7. The molecule has 0 bridgehead atoms. The van der Waals surface area contributed by atoms with Gasteiger partial charge in [0.15, 0.2) is 0 Å². The predicted octanol–water partition coefficient (Wildman–Crippen LogP) is 2.00. The molecule has 2 atom stereocenters. The highest BCUT2D eigenvalue weighted by atomic mass is 16.4. The van der Waals surface area contributed by atoms with Crippen molar-refractivity contribution in [1.82, 2.24) is 0 Å². The van der Waals surface area contributed by atoms with E-state index in [0.29, 0.717) is 11.3 Å². The fraction of sp³-hybridized carbons (Fsp3) is 0.909. The second-order valence-electron chi connectivity index (χ2n) is 5.57. The largest absolute Gasteiger partial charge is 0.481 e. The van der Waals surface area contributed by atoms with Crippen molar-refractivity contribution in [3.8, 4) is 0 Å². The van der Waals surface area contributed by atoms with Crippen molar-refractivity contribution < 1.29 is 9.90 Å². The summed E-state index contributed by atoms with van der Waals surface area (Å²) in [5.41, 5.74) is 5.98. The molecule has 1 fully saturated rings. The van der Waals surface area contributed by atoms with Gasteiger partial charge in [-0.25, -0.2) is 0 Å². The van der Waals surface area contributed by atoms with Gasteiger partial charge >= 0.3 is 5.97 Å². The molecule has 0 aromatic heterocycles. The van der Waals surface area contributed by atoms with E-state index in [0.717, 1.165) is 19.3 Å². The smallest absolute Gasteiger partial charge is 0.305 e. The summed E-state index contributed by atoms with van der Waals surface area (Å²) in [4.78, 5) is 10.7. The molecule has 0 spiro atoms. The maximum Gasteiger partial charge on any atom is 0.305 e. The van der Waals surface area contributed by atoms with Gasteiger partial charge in [-0.3, -0.25) is 4.79 Å². The van der Waals surface area contributed by atoms with Crippen molar-refractivity contribution in [2.75, 3.05) is 0 Å². The van der Waals surface area contributed by atoms with Crippen molar-refractivity contribution >= 4 is 5.97 Å². The first kappa shape index (κ1) is 11.5. The number of carbonyl (C=O) groups is 1. The van der Waals surface area contributed by atoms with Gasteiger partial charge in [0, 0.05) is 5.54 Å². The molecule has 0 aromatic rings. The Morgan fingerprint density at radius 1 is 1.50 bits per heavy atom. The van der Waals surface area contributed by atoms with E-state index in [1.165, 1.54) is 0 Å². The SMILES string of the molecule is CC1CC(C)(C)CCC1(N)CC(=O)O. The Hall–Kier alpha value is -0.570. The zero-order valence-electron chi connectivity index (χ0n) is 9.34. The topological polar surface area (TPSA) is 63.3 Å². The average molecular weight is 199 g/mol. The van der Waals surface area contributed by atoms with Gasteiger partial charge in [0.2, 0.25) is 0 Å². The lowest BCUT2D eigenvalue weighted by Gasteiger charge is -2.45. The lowest BCUT2D eigenvalue weighted by Crippen LogP contribution is -2.52. The van der Waals surface area contributed by atoms with Gasteiger partial charge in [0.1, 0.15) is 0 Å². The molecule has 0 radical (unpaired) electrons. The van der Waals surface area contributed by atoms with Gasteiger partial charge < -0.3 is 10.8 Å². The van der Waals surface area contributed by atoms with Crippen LogP contribution in [0, 0.1) is 11.3 Å². The summed E-state index contributed by atoms with van der Waals surface area (Å²) in [6.07, 6.45) is 2.98. The van der Waals surface area contributed by atoms with Crippen molar-refractivity contribution in [3.63, 3.8) is 0 Å². The van der Waals surface area contributed by atoms with Crippen LogP contribution in [0.15, 0.2) is 0 Å². The van der Waals surface area contributed by atoms with E-state index in [1.807, 2.05) is 0 Å². The number of nitrogens with two attached hydrogens (primary N) is 1. The van der Waals surface area contributed by atoms with Crippen LogP contribution in [0.1, 0.15) is 46.5 Å². The molecule has 1 aliphatic carbocycles. The van der Waals surface area contributed by atoms with E-state index in [9.17, 15) is 4.79 Å². The van der Waals surface area contributed by atoms with Crippen LogP contribution in [0.25, 0.3) is 0 Å². The normalized spacial score (nSPS) is 36.7. The Labute approximate surface area is 85.7 Å². The summed E-state index contributed by atoms with van der Waals surface area (Å²) in [5, 5.41) is 8.80. The fourth-order valence-electron chi connectivity index (χ4n) is 2.50. The van der Waals surface area contributed by atoms with Crippen molar-refractivity contribution in [1.29, 1.82) is 0 Å². The molecular weight excluding hydrogens is 178 g/mol. The molecule has 0 aliphatic heterocycles. The lowest BCUT2D eigenvalue weighted by atomic mass is 9.63. The van der Waals surface area contributed by atoms with E-state index >= 15 is 0 Å². The van der Waals surface area contributed by atoms with Crippen LogP contribution in [-0.2, 0) is 4.79 Å². The van der Waals surface area contributed by atoms with Gasteiger partial charge in [0.05, 0.1) is 6.42 Å². The minimum Gasteiger partial charge on any atom is -0.481 e. The first-order chi connectivity index (χ1) is 6.25. The molecule has 0 heterocycles. The van der Waals surface area contributed by atoms with Crippen LogP contribution in [-0.4, -0.2) is 16.6 Å². The molecule has 3 heteroatoms. The molecular formula is C11H21NO2. The third-order valence-corrected chi connectivity index (χ3v) is 3.59. The van der Waals surface area contributed by atoms with E-state index in [4.69, 9.17) is 10.8 Å². The van der Waals surface area contributed by atoms with Crippen LogP contribution < -0.4 is 5.73 Å². The third kappa shape index (κ3) is 2.47. The van der Waals surface area contributed by atoms with E-state index in [2.05, 4.69) is 20.8 Å². The highest BCUT2D eigenvalue weighted by Crippen LogP contribution is 2.43. The second-order valence-corrected chi connectivity index (χ2v) is 5.57. The van der Waals surface area contributed by atoms with Crippen LogP contribution in [0.2, 0.25) is 0 Å². The molecule has 1 rings (SSSR count). The summed E-state index contributed by atoms with van der Waals surface area (Å²) >= 11 is 0. The minimum absolute atomic E-state index is 0.101. The highest BCUT2D eigenvalue weighted by Gasteiger charge is 2.42. The maximum atomic E-state index is 10.7. The third-order valence-electron chi connectivity index (χ3n) is 3.59. The summed E-state index contributed by atoms with van der Waals surface area (Å²) in [5.74, 6) is -0.485. The molecule has 82 valence electrons. The minimum atomic E-state index is -0.779. The molecule has 0 aromatic carbocycles. The molecule has 0 saturated heterocycles. The number of hydrogen-bond acceptors (Lipinski definition) is 2. The van der Waals surface area contributed by atoms with Crippen LogP contribution >= 0.6 is 0 Å². The fourth-order valence-corrected chi connectivity index (χ4v) is 2.50. The Morgan fingerprint density at radius 3 is 2.50 bits per heavy atom. The highest BCUT2D eigenvalue weighted by molar-refractivity contribution is 5.68. The Bertz CT molecular complexity index is 237. The van der Waals surface area contributed by atoms with Gasteiger partial charge in [-0.2, -0.15) is 0 Å². The lowest BCUT2D eigenvalue weighted by molar-refractivity contribution is -0.139. The Morgan fingerprint density at radius 2 is 2.07 bits per heavy atom. The average Bonchev–Trinajstić information content (AvgIpc) is 1.97. The van der Waals surface area contributed by atoms with Crippen LogP contribution in [0.5, 0.6) is 0 Å². The number of carboxylic acid groups (broad SMARTS) is 1. The molecule has 14 heavy (non-hydrogen) atoms. The van der Waals surface area contributed by atoms with Crippen molar-refractivity contribution in [2.24, 2.45) is 17.1 Å². The molecule has 3 N–H and O–H groups in total. The Balaban J connectivity index is 2.69. The molecule has 1 saturated carbocycles. The number of rotatable bonds is 2. The summed E-state index contributed by atoms with van der Waals surface area (Å²) in [7, 11) is 0. The van der Waals surface area contributed by atoms with Gasteiger partial charge in [0.25, 0.3) is 0 Å². The van der Waals surface area contributed by atoms with Gasteiger partial charge in [-0.05, 0) is 30.6 Å². The summed E-state index contributed by atoms with van der Waals surface area (Å²) in [6, 6.07) is 0. The molecule has 3 nitrogen and oxygen atoms in total. The van der Waals surface area contributed by atoms with Gasteiger partial charge in [-0.15, -0.1) is 0 Å². The summed E-state index contributed by atoms with van der Waals surface area (Å²) in [6.45, 7) is 6.53. The standard InChI is InChI=1S/C11H21NO2/c1-8-6-10(2,3)4-5-11(8,12)7-9(13)14/h8H,4-7,12H2,1-3H3,(H,13,14). The number of aliphatic carboxylic acids is 1. The van der Waals surface area contributed by atoms with Crippen molar-refractivity contribution in [2.45, 2.75) is 52.0 Å². The van der Waals surface area contributed by atoms with E-state index in [1.54, 1.807) is 0 Å². The van der Waals surface area contributed by atoms with Crippen molar-refractivity contribution in [3.05, 3.63) is 0 Å². The van der Waals surface area contributed by atoms with Gasteiger partial charge in [-0.1, -0.05) is 20.8 Å². The number of hydrogen-bond donors (Lipinski definition) is 2. The molecule has 0 amide bonds. The Kier molecular flexibility index (Phi) is 2.91. The monoisotopic (exact) mass is 199 g/mol. The first-order valence-corrected chi connectivity index (χ1v) is 5.26. The van der Waals surface area contributed by atoms with Crippen LogP contribution in [0.3, 0.4) is 0 Å². The zero-order chi connectivity index (χ0) is 11.0.